The Morgan fingerprint density at radius 3 is 2.83 bits per heavy atom. The number of primary amides is 1. The highest BCUT2D eigenvalue weighted by Gasteiger charge is 2.22. The lowest BCUT2D eigenvalue weighted by Crippen LogP contribution is -2.32. The number of nitrogens with one attached hydrogen (secondary N) is 1. The molecular weight excluding hydrogens is 336 g/mol. The molecule has 1 amide bonds. The van der Waals surface area contributed by atoms with Crippen LogP contribution in [0.1, 0.15) is 30.1 Å². The van der Waals surface area contributed by atoms with Gasteiger partial charge in [0.15, 0.2) is 6.10 Å². The van der Waals surface area contributed by atoms with Gasteiger partial charge in [0.1, 0.15) is 0 Å². The van der Waals surface area contributed by atoms with Crippen molar-refractivity contribution in [2.75, 3.05) is 13.2 Å². The summed E-state index contributed by atoms with van der Waals surface area (Å²) in [6, 6.07) is 5.38. The topological polar surface area (TPSA) is 125 Å². The summed E-state index contributed by atoms with van der Waals surface area (Å²) < 4.78 is 37.3. The first-order chi connectivity index (χ1) is 11.3. The molecule has 0 radical (unpaired) electrons. The normalized spacial score (nSPS) is 19.0. The quantitative estimate of drug-likeness (QED) is 0.671. The van der Waals surface area contributed by atoms with E-state index in [1.807, 2.05) is 0 Å². The molecular formula is C15H20N2O6S. The van der Waals surface area contributed by atoms with Crippen LogP contribution >= 0.6 is 0 Å². The maximum absolute atomic E-state index is 12.3. The third-order valence-corrected chi connectivity index (χ3v) is 5.01. The summed E-state index contributed by atoms with van der Waals surface area (Å²) in [7, 11) is -3.78. The standard InChI is InChI=1S/C15H20N2O6S/c1-10(14(16)18)23-15(19)11-4-2-6-13(8-11)24(20,21)17-9-12-5-3-7-22-12/h2,4,6,8,10,12,17H,3,5,7,9H2,1H3,(H2,16,18)/t10-,12+/m1/s1. The van der Waals surface area contributed by atoms with E-state index in [1.54, 1.807) is 0 Å². The molecule has 0 unspecified atom stereocenters. The highest BCUT2D eigenvalue weighted by Crippen LogP contribution is 2.15. The summed E-state index contributed by atoms with van der Waals surface area (Å²) in [5, 5.41) is 0. The first-order valence-electron chi connectivity index (χ1n) is 7.51. The van der Waals surface area contributed by atoms with Gasteiger partial charge in [-0.15, -0.1) is 0 Å². The smallest absolute Gasteiger partial charge is 0.338 e. The van der Waals surface area contributed by atoms with E-state index >= 15 is 0 Å². The van der Waals surface area contributed by atoms with Crippen molar-refractivity contribution in [3.8, 4) is 0 Å². The van der Waals surface area contributed by atoms with Crippen LogP contribution in [-0.4, -0.2) is 45.7 Å². The van der Waals surface area contributed by atoms with Crippen molar-refractivity contribution in [3.05, 3.63) is 29.8 Å². The van der Waals surface area contributed by atoms with Gasteiger partial charge < -0.3 is 15.2 Å². The van der Waals surface area contributed by atoms with Crippen molar-refractivity contribution < 1.29 is 27.5 Å². The van der Waals surface area contributed by atoms with Crippen LogP contribution in [-0.2, 0) is 24.3 Å². The number of amides is 1. The molecule has 2 atom stereocenters. The summed E-state index contributed by atoms with van der Waals surface area (Å²) in [5.74, 6) is -1.61. The largest absolute Gasteiger partial charge is 0.449 e. The fraction of sp³-hybridized carbons (Fsp3) is 0.467. The van der Waals surface area contributed by atoms with Crippen LogP contribution in [0, 0.1) is 0 Å². The van der Waals surface area contributed by atoms with E-state index in [4.69, 9.17) is 15.2 Å². The van der Waals surface area contributed by atoms with Crippen molar-refractivity contribution in [2.45, 2.75) is 36.9 Å². The van der Waals surface area contributed by atoms with Gasteiger partial charge in [-0.1, -0.05) is 6.07 Å². The third-order valence-electron chi connectivity index (χ3n) is 3.59. The second-order valence-corrected chi connectivity index (χ2v) is 7.23. The minimum absolute atomic E-state index is 0.0168. The van der Waals surface area contributed by atoms with Crippen molar-refractivity contribution in [1.29, 1.82) is 0 Å². The molecule has 0 spiro atoms. The summed E-state index contributed by atoms with van der Waals surface area (Å²) in [5.41, 5.74) is 5.04. The Hall–Kier alpha value is -1.97. The van der Waals surface area contributed by atoms with Gasteiger partial charge in [0.2, 0.25) is 10.0 Å². The molecule has 1 aromatic carbocycles. The Bertz CT molecular complexity index is 712. The number of rotatable bonds is 7. The van der Waals surface area contributed by atoms with Gasteiger partial charge in [-0.3, -0.25) is 4.79 Å². The van der Waals surface area contributed by atoms with Crippen LogP contribution in [0.15, 0.2) is 29.2 Å². The maximum atomic E-state index is 12.3. The van der Waals surface area contributed by atoms with Gasteiger partial charge in [0.25, 0.3) is 5.91 Å². The lowest BCUT2D eigenvalue weighted by atomic mass is 10.2. The fourth-order valence-corrected chi connectivity index (χ4v) is 3.28. The number of benzene rings is 1. The highest BCUT2D eigenvalue weighted by molar-refractivity contribution is 7.89. The lowest BCUT2D eigenvalue weighted by Gasteiger charge is -2.13. The molecule has 1 aliphatic rings. The van der Waals surface area contributed by atoms with E-state index in [-0.39, 0.29) is 23.1 Å². The van der Waals surface area contributed by atoms with Crippen LogP contribution in [0.4, 0.5) is 0 Å². The van der Waals surface area contributed by atoms with Crippen molar-refractivity contribution >= 4 is 21.9 Å². The predicted molar refractivity (Wildman–Crippen MR) is 84.7 cm³/mol. The van der Waals surface area contributed by atoms with E-state index < -0.39 is 28.0 Å². The van der Waals surface area contributed by atoms with Crippen molar-refractivity contribution in [2.24, 2.45) is 5.73 Å². The monoisotopic (exact) mass is 356 g/mol. The van der Waals surface area contributed by atoms with Crippen LogP contribution in [0.3, 0.4) is 0 Å². The molecule has 1 heterocycles. The van der Waals surface area contributed by atoms with Gasteiger partial charge in [-0.25, -0.2) is 17.9 Å². The Kier molecular flexibility index (Phi) is 5.92. The second-order valence-electron chi connectivity index (χ2n) is 5.46. The van der Waals surface area contributed by atoms with E-state index in [0.29, 0.717) is 6.61 Å². The number of ether oxygens (including phenoxy) is 2. The molecule has 0 aliphatic carbocycles. The minimum atomic E-state index is -3.78. The third kappa shape index (κ3) is 4.76. The fourth-order valence-electron chi connectivity index (χ4n) is 2.17. The molecule has 1 fully saturated rings. The van der Waals surface area contributed by atoms with Gasteiger partial charge in [-0.2, -0.15) is 0 Å². The summed E-state index contributed by atoms with van der Waals surface area (Å²) in [6.07, 6.45) is 0.478. The zero-order chi connectivity index (χ0) is 17.7. The minimum Gasteiger partial charge on any atom is -0.449 e. The lowest BCUT2D eigenvalue weighted by molar-refractivity contribution is -0.125. The molecule has 8 nitrogen and oxygen atoms in total. The number of esters is 1. The van der Waals surface area contributed by atoms with Gasteiger partial charge in [0, 0.05) is 13.2 Å². The molecule has 3 N–H and O–H groups in total. The number of hydrogen-bond acceptors (Lipinski definition) is 6. The predicted octanol–water partition coefficient (Wildman–Crippen LogP) is 0.175. The molecule has 0 bridgehead atoms. The zero-order valence-corrected chi connectivity index (χ0v) is 14.0. The second kappa shape index (κ2) is 7.73. The zero-order valence-electron chi connectivity index (χ0n) is 13.2. The Morgan fingerprint density at radius 2 is 2.21 bits per heavy atom. The molecule has 0 aromatic heterocycles. The first-order valence-corrected chi connectivity index (χ1v) is 8.99. The summed E-state index contributed by atoms with van der Waals surface area (Å²) in [6.45, 7) is 2.14. The molecule has 9 heteroatoms. The number of hydrogen-bond donors (Lipinski definition) is 2. The molecule has 2 rings (SSSR count). The van der Waals surface area contributed by atoms with Crippen LogP contribution in [0.25, 0.3) is 0 Å². The molecule has 0 saturated carbocycles. The number of sulfonamides is 1. The van der Waals surface area contributed by atoms with E-state index in [2.05, 4.69) is 4.72 Å². The highest BCUT2D eigenvalue weighted by atomic mass is 32.2. The molecule has 24 heavy (non-hydrogen) atoms. The SMILES string of the molecule is C[C@@H](OC(=O)c1cccc(S(=O)(=O)NC[C@@H]2CCCO2)c1)C(N)=O. The van der Waals surface area contributed by atoms with Crippen molar-refractivity contribution in [3.63, 3.8) is 0 Å². The Labute approximate surface area is 140 Å². The van der Waals surface area contributed by atoms with E-state index in [1.165, 1.54) is 31.2 Å². The van der Waals surface area contributed by atoms with Crippen LogP contribution in [0.5, 0.6) is 0 Å². The van der Waals surface area contributed by atoms with Crippen LogP contribution < -0.4 is 10.5 Å². The van der Waals surface area contributed by atoms with E-state index in [9.17, 15) is 18.0 Å². The maximum Gasteiger partial charge on any atom is 0.338 e. The molecule has 1 aromatic rings. The van der Waals surface area contributed by atoms with E-state index in [0.717, 1.165) is 12.8 Å². The number of carbonyl (C=O) groups is 2. The van der Waals surface area contributed by atoms with Crippen molar-refractivity contribution in [1.82, 2.24) is 4.72 Å². The summed E-state index contributed by atoms with van der Waals surface area (Å²) >= 11 is 0. The number of carbonyl (C=O) groups excluding carboxylic acids is 2. The molecule has 132 valence electrons. The Morgan fingerprint density at radius 1 is 1.46 bits per heavy atom. The average molecular weight is 356 g/mol. The summed E-state index contributed by atoms with van der Waals surface area (Å²) in [4.78, 5) is 22.8. The average Bonchev–Trinajstić information content (AvgIpc) is 3.06. The van der Waals surface area contributed by atoms with Gasteiger partial charge in [-0.05, 0) is 38.0 Å². The molecule has 1 saturated heterocycles. The van der Waals surface area contributed by atoms with Gasteiger partial charge >= 0.3 is 5.97 Å². The first kappa shape index (κ1) is 18.4. The molecule has 1 aliphatic heterocycles. The number of nitrogens with two attached hydrogens (primary N) is 1. The Balaban J connectivity index is 2.07. The van der Waals surface area contributed by atoms with Gasteiger partial charge in [0.05, 0.1) is 16.6 Å². The van der Waals surface area contributed by atoms with Crippen LogP contribution in [0.2, 0.25) is 0 Å².